The van der Waals surface area contributed by atoms with E-state index in [9.17, 15) is 9.90 Å². The standard InChI is InChI=1S/C24H19N3O2/c28-24(29)18-7-3-6-17(14-18)23(21-10-1-2-13-27-21)22(19-8-4-11-25-15-19)20-9-5-12-26-16-20/h1-16,22-23H,(H,28,29). The molecule has 4 aromatic rings. The van der Waals surface area contributed by atoms with Gasteiger partial charge < -0.3 is 5.11 Å². The van der Waals surface area contributed by atoms with E-state index in [1.807, 2.05) is 60.9 Å². The van der Waals surface area contributed by atoms with Crippen LogP contribution >= 0.6 is 0 Å². The topological polar surface area (TPSA) is 76.0 Å². The van der Waals surface area contributed by atoms with Crippen LogP contribution in [0.2, 0.25) is 0 Å². The first-order valence-corrected chi connectivity index (χ1v) is 9.28. The summed E-state index contributed by atoms with van der Waals surface area (Å²) in [5.41, 5.74) is 4.00. The van der Waals surface area contributed by atoms with Gasteiger partial charge in [-0.25, -0.2) is 4.79 Å². The Labute approximate surface area is 168 Å². The zero-order chi connectivity index (χ0) is 20.1. The Balaban J connectivity index is 1.95. The lowest BCUT2D eigenvalue weighted by atomic mass is 9.76. The highest BCUT2D eigenvalue weighted by Gasteiger charge is 2.30. The van der Waals surface area contributed by atoms with Gasteiger partial charge in [0, 0.05) is 48.5 Å². The Morgan fingerprint density at radius 3 is 1.97 bits per heavy atom. The SMILES string of the molecule is O=C(O)c1cccc(C(c2ccccn2)C(c2cccnc2)c2cccnc2)c1. The third kappa shape index (κ3) is 4.04. The summed E-state index contributed by atoms with van der Waals surface area (Å²) in [6.07, 6.45) is 8.92. The largest absolute Gasteiger partial charge is 0.478 e. The molecule has 0 saturated heterocycles. The van der Waals surface area contributed by atoms with Crippen molar-refractivity contribution in [3.63, 3.8) is 0 Å². The number of hydrogen-bond acceptors (Lipinski definition) is 4. The molecule has 1 atom stereocenters. The molecule has 0 aliphatic heterocycles. The maximum atomic E-state index is 11.6. The van der Waals surface area contributed by atoms with Crippen molar-refractivity contribution in [3.05, 3.63) is 126 Å². The van der Waals surface area contributed by atoms with Gasteiger partial charge in [-0.2, -0.15) is 0 Å². The summed E-state index contributed by atoms with van der Waals surface area (Å²) < 4.78 is 0. The summed E-state index contributed by atoms with van der Waals surface area (Å²) in [7, 11) is 0. The van der Waals surface area contributed by atoms with Gasteiger partial charge in [0.2, 0.25) is 0 Å². The first-order chi connectivity index (χ1) is 14.2. The molecule has 1 aromatic carbocycles. The first-order valence-electron chi connectivity index (χ1n) is 9.28. The van der Waals surface area contributed by atoms with Crippen molar-refractivity contribution in [1.82, 2.24) is 15.0 Å². The van der Waals surface area contributed by atoms with E-state index in [1.54, 1.807) is 36.8 Å². The van der Waals surface area contributed by atoms with Crippen molar-refractivity contribution in [2.45, 2.75) is 11.8 Å². The van der Waals surface area contributed by atoms with E-state index >= 15 is 0 Å². The molecule has 3 aromatic heterocycles. The minimum Gasteiger partial charge on any atom is -0.478 e. The zero-order valence-corrected chi connectivity index (χ0v) is 15.6. The summed E-state index contributed by atoms with van der Waals surface area (Å²) in [4.78, 5) is 24.8. The van der Waals surface area contributed by atoms with Crippen LogP contribution in [0, 0.1) is 0 Å². The Morgan fingerprint density at radius 2 is 1.41 bits per heavy atom. The third-order valence-electron chi connectivity index (χ3n) is 4.92. The molecular formula is C24H19N3O2. The molecule has 0 radical (unpaired) electrons. The maximum Gasteiger partial charge on any atom is 0.335 e. The van der Waals surface area contributed by atoms with Crippen LogP contribution in [-0.4, -0.2) is 26.0 Å². The molecule has 5 heteroatoms. The lowest BCUT2D eigenvalue weighted by Gasteiger charge is -2.28. The number of benzene rings is 1. The molecule has 0 bridgehead atoms. The van der Waals surface area contributed by atoms with Crippen LogP contribution < -0.4 is 0 Å². The number of carboxylic acids is 1. The summed E-state index contributed by atoms with van der Waals surface area (Å²) in [6, 6.07) is 20.7. The van der Waals surface area contributed by atoms with E-state index in [4.69, 9.17) is 0 Å². The first kappa shape index (κ1) is 18.5. The molecular weight excluding hydrogens is 362 g/mol. The van der Waals surface area contributed by atoms with Gasteiger partial charge in [-0.05, 0) is 53.1 Å². The van der Waals surface area contributed by atoms with Crippen LogP contribution in [0.15, 0.2) is 97.7 Å². The molecule has 1 N–H and O–H groups in total. The van der Waals surface area contributed by atoms with Gasteiger partial charge >= 0.3 is 5.97 Å². The molecule has 0 amide bonds. The highest BCUT2D eigenvalue weighted by Crippen LogP contribution is 2.41. The van der Waals surface area contributed by atoms with E-state index in [-0.39, 0.29) is 17.4 Å². The monoisotopic (exact) mass is 381 g/mol. The second kappa shape index (κ2) is 8.44. The fourth-order valence-electron chi connectivity index (χ4n) is 3.66. The van der Waals surface area contributed by atoms with Crippen LogP contribution in [0.1, 0.15) is 44.6 Å². The van der Waals surface area contributed by atoms with Gasteiger partial charge in [0.05, 0.1) is 5.56 Å². The van der Waals surface area contributed by atoms with Crippen molar-refractivity contribution < 1.29 is 9.90 Å². The third-order valence-corrected chi connectivity index (χ3v) is 4.92. The Hall–Kier alpha value is -3.86. The normalized spacial score (nSPS) is 11.9. The van der Waals surface area contributed by atoms with Crippen LogP contribution in [0.25, 0.3) is 0 Å². The number of aromatic carboxylic acids is 1. The average molecular weight is 381 g/mol. The van der Waals surface area contributed by atoms with Crippen molar-refractivity contribution >= 4 is 5.97 Å². The molecule has 0 aliphatic carbocycles. The minimum absolute atomic E-state index is 0.128. The number of carboxylic acid groups (broad SMARTS) is 1. The molecule has 4 rings (SSSR count). The van der Waals surface area contributed by atoms with E-state index in [0.717, 1.165) is 22.4 Å². The Bertz CT molecular complexity index is 1050. The van der Waals surface area contributed by atoms with Crippen molar-refractivity contribution in [2.75, 3.05) is 0 Å². The van der Waals surface area contributed by atoms with Crippen LogP contribution in [0.3, 0.4) is 0 Å². The molecule has 0 fully saturated rings. The number of hydrogen-bond donors (Lipinski definition) is 1. The fourth-order valence-corrected chi connectivity index (χ4v) is 3.66. The van der Waals surface area contributed by atoms with E-state index in [1.165, 1.54) is 0 Å². The summed E-state index contributed by atoms with van der Waals surface area (Å²) in [6.45, 7) is 0. The number of pyridine rings is 3. The van der Waals surface area contributed by atoms with Crippen LogP contribution in [0.5, 0.6) is 0 Å². The van der Waals surface area contributed by atoms with Gasteiger partial charge in [0.25, 0.3) is 0 Å². The highest BCUT2D eigenvalue weighted by atomic mass is 16.4. The maximum absolute atomic E-state index is 11.6. The number of carbonyl (C=O) groups is 1. The van der Waals surface area contributed by atoms with E-state index in [0.29, 0.717) is 0 Å². The summed E-state index contributed by atoms with van der Waals surface area (Å²) in [5.74, 6) is -1.29. The molecule has 3 heterocycles. The lowest BCUT2D eigenvalue weighted by molar-refractivity contribution is 0.0696. The van der Waals surface area contributed by atoms with Gasteiger partial charge in [-0.15, -0.1) is 0 Å². The predicted octanol–water partition coefficient (Wildman–Crippen LogP) is 4.53. The Morgan fingerprint density at radius 1 is 0.724 bits per heavy atom. The molecule has 0 saturated carbocycles. The average Bonchev–Trinajstić information content (AvgIpc) is 2.79. The van der Waals surface area contributed by atoms with Crippen molar-refractivity contribution in [2.24, 2.45) is 0 Å². The van der Waals surface area contributed by atoms with Crippen molar-refractivity contribution in [3.8, 4) is 0 Å². The number of aromatic nitrogens is 3. The molecule has 29 heavy (non-hydrogen) atoms. The zero-order valence-electron chi connectivity index (χ0n) is 15.6. The second-order valence-electron chi connectivity index (χ2n) is 6.71. The van der Waals surface area contributed by atoms with Crippen molar-refractivity contribution in [1.29, 1.82) is 0 Å². The van der Waals surface area contributed by atoms with Gasteiger partial charge in [-0.3, -0.25) is 15.0 Å². The summed E-state index contributed by atoms with van der Waals surface area (Å²) >= 11 is 0. The Kier molecular flexibility index (Phi) is 5.38. The molecule has 1 unspecified atom stereocenters. The highest BCUT2D eigenvalue weighted by molar-refractivity contribution is 5.87. The number of rotatable bonds is 6. The van der Waals surface area contributed by atoms with Gasteiger partial charge in [0.15, 0.2) is 0 Å². The molecule has 5 nitrogen and oxygen atoms in total. The van der Waals surface area contributed by atoms with Gasteiger partial charge in [-0.1, -0.05) is 30.3 Å². The van der Waals surface area contributed by atoms with Gasteiger partial charge in [0.1, 0.15) is 0 Å². The van der Waals surface area contributed by atoms with Crippen LogP contribution in [0.4, 0.5) is 0 Å². The minimum atomic E-state index is -0.953. The van der Waals surface area contributed by atoms with E-state index in [2.05, 4.69) is 15.0 Å². The fraction of sp³-hybridized carbons (Fsp3) is 0.0833. The summed E-state index contributed by atoms with van der Waals surface area (Å²) in [5, 5.41) is 9.50. The molecule has 0 spiro atoms. The van der Waals surface area contributed by atoms with E-state index < -0.39 is 5.97 Å². The molecule has 142 valence electrons. The lowest BCUT2D eigenvalue weighted by Crippen LogP contribution is -2.16. The predicted molar refractivity (Wildman–Crippen MR) is 110 cm³/mol. The number of nitrogens with zero attached hydrogens (tertiary/aromatic N) is 3. The smallest absolute Gasteiger partial charge is 0.335 e. The second-order valence-corrected chi connectivity index (χ2v) is 6.71. The quantitative estimate of drug-likeness (QED) is 0.531. The van der Waals surface area contributed by atoms with Crippen LogP contribution in [-0.2, 0) is 0 Å². The molecule has 0 aliphatic rings.